The van der Waals surface area contributed by atoms with E-state index in [4.69, 9.17) is 4.98 Å². The van der Waals surface area contributed by atoms with Crippen LogP contribution in [0.5, 0.6) is 0 Å². The van der Waals surface area contributed by atoms with E-state index in [1.807, 2.05) is 18.2 Å². The second-order valence-electron chi connectivity index (χ2n) is 8.58. The Labute approximate surface area is 232 Å². The van der Waals surface area contributed by atoms with Gasteiger partial charge in [0, 0.05) is 36.2 Å². The highest BCUT2D eigenvalue weighted by atomic mass is 79.9. The predicted octanol–water partition coefficient (Wildman–Crippen LogP) is 5.64. The summed E-state index contributed by atoms with van der Waals surface area (Å²) in [6.45, 7) is 8.32. The number of likely N-dealkylation sites (N-methyl/N-ethyl adjacent to an activating group) is 1. The first kappa shape index (κ1) is 29.0. The number of hydrogen-bond donors (Lipinski definition) is 0. The number of anilines is 1. The molecular formula is C25H32BrClN4O3S2. The Bertz CT molecular complexity index is 1270. The molecule has 11 heteroatoms. The largest absolute Gasteiger partial charge is 0.302 e. The summed E-state index contributed by atoms with van der Waals surface area (Å²) in [5.74, 6) is -0.183. The fourth-order valence-corrected chi connectivity index (χ4v) is 7.31. The number of thiazole rings is 1. The van der Waals surface area contributed by atoms with Crippen molar-refractivity contribution in [2.75, 3.05) is 44.2 Å². The van der Waals surface area contributed by atoms with E-state index in [1.54, 1.807) is 33.5 Å². The summed E-state index contributed by atoms with van der Waals surface area (Å²) in [5, 5.41) is 0.639. The van der Waals surface area contributed by atoms with E-state index in [1.165, 1.54) is 11.3 Å². The molecule has 0 N–H and O–H groups in total. The first-order chi connectivity index (χ1) is 16.8. The van der Waals surface area contributed by atoms with E-state index in [2.05, 4.69) is 34.7 Å². The molecule has 0 bridgehead atoms. The third-order valence-electron chi connectivity index (χ3n) is 6.40. The monoisotopic (exact) mass is 614 g/mol. The third-order valence-corrected chi connectivity index (χ3v) is 9.85. The van der Waals surface area contributed by atoms with Crippen molar-refractivity contribution in [2.45, 2.75) is 38.0 Å². The van der Waals surface area contributed by atoms with Gasteiger partial charge in [-0.3, -0.25) is 9.69 Å². The van der Waals surface area contributed by atoms with Crippen LogP contribution in [0.25, 0.3) is 10.2 Å². The summed E-state index contributed by atoms with van der Waals surface area (Å²) < 4.78 is 29.5. The molecule has 0 atom stereocenters. The molecule has 1 fully saturated rings. The number of piperidine rings is 1. The maximum atomic E-state index is 13.6. The molecular weight excluding hydrogens is 584 g/mol. The Hall–Kier alpha value is -1.56. The van der Waals surface area contributed by atoms with Crippen molar-refractivity contribution < 1.29 is 13.2 Å². The number of hydrogen-bond acceptors (Lipinski definition) is 6. The minimum atomic E-state index is -3.54. The number of halogens is 2. The van der Waals surface area contributed by atoms with E-state index in [0.29, 0.717) is 30.3 Å². The van der Waals surface area contributed by atoms with Gasteiger partial charge >= 0.3 is 0 Å². The van der Waals surface area contributed by atoms with Gasteiger partial charge in [0.2, 0.25) is 10.0 Å². The molecule has 3 aromatic rings. The Morgan fingerprint density at radius 2 is 1.69 bits per heavy atom. The molecule has 4 rings (SSSR count). The van der Waals surface area contributed by atoms with Gasteiger partial charge in [0.1, 0.15) is 0 Å². The third kappa shape index (κ3) is 6.46. The molecule has 36 heavy (non-hydrogen) atoms. The molecule has 2 heterocycles. The van der Waals surface area contributed by atoms with Crippen molar-refractivity contribution in [1.29, 1.82) is 0 Å². The van der Waals surface area contributed by atoms with E-state index in [-0.39, 0.29) is 23.2 Å². The molecule has 7 nitrogen and oxygen atoms in total. The Kier molecular flexibility index (Phi) is 10.3. The Balaban J connectivity index is 0.00000361. The zero-order valence-corrected chi connectivity index (χ0v) is 24.6. The molecule has 1 aliphatic rings. The standard InChI is InChI=1S/C25H31BrN4O3S2.ClH/c1-3-28(4-2)16-17-30(25-27-22-13-10-20(26)18-23(22)34-25)24(31)19-8-11-21(12-9-19)35(32,33)29-14-6-5-7-15-29;/h8-13,18H,3-7,14-17H2,1-2H3;1H. The highest BCUT2D eigenvalue weighted by Crippen LogP contribution is 2.32. The van der Waals surface area contributed by atoms with Gasteiger partial charge in [0.25, 0.3) is 5.91 Å². The van der Waals surface area contributed by atoms with Crippen LogP contribution in [-0.2, 0) is 10.0 Å². The second-order valence-corrected chi connectivity index (χ2v) is 12.4. The summed E-state index contributed by atoms with van der Waals surface area (Å²) >= 11 is 4.98. The van der Waals surface area contributed by atoms with E-state index < -0.39 is 10.0 Å². The average molecular weight is 616 g/mol. The van der Waals surface area contributed by atoms with Crippen molar-refractivity contribution >= 4 is 71.0 Å². The number of carbonyl (C=O) groups is 1. The van der Waals surface area contributed by atoms with Crippen LogP contribution in [0.4, 0.5) is 5.13 Å². The van der Waals surface area contributed by atoms with Gasteiger partial charge in [-0.2, -0.15) is 4.31 Å². The van der Waals surface area contributed by atoms with E-state index >= 15 is 0 Å². The number of benzene rings is 2. The van der Waals surface area contributed by atoms with Gasteiger partial charge in [-0.1, -0.05) is 47.5 Å². The fourth-order valence-electron chi connectivity index (χ4n) is 4.25. The first-order valence-electron chi connectivity index (χ1n) is 12.0. The summed E-state index contributed by atoms with van der Waals surface area (Å²) in [5.41, 5.74) is 1.29. The molecule has 1 amide bonds. The molecule has 0 radical (unpaired) electrons. The number of fused-ring (bicyclic) bond motifs is 1. The minimum Gasteiger partial charge on any atom is -0.302 e. The number of aromatic nitrogens is 1. The van der Waals surface area contributed by atoms with Gasteiger partial charge in [0.05, 0.1) is 15.1 Å². The zero-order chi connectivity index (χ0) is 25.0. The highest BCUT2D eigenvalue weighted by molar-refractivity contribution is 9.10. The lowest BCUT2D eigenvalue weighted by Crippen LogP contribution is -2.39. The van der Waals surface area contributed by atoms with Crippen LogP contribution in [-0.4, -0.2) is 67.8 Å². The van der Waals surface area contributed by atoms with Crippen LogP contribution < -0.4 is 4.90 Å². The Morgan fingerprint density at radius 3 is 2.33 bits per heavy atom. The molecule has 0 spiro atoms. The van der Waals surface area contributed by atoms with Gasteiger partial charge in [-0.05, 0) is 68.4 Å². The molecule has 0 unspecified atom stereocenters. The van der Waals surface area contributed by atoms with Crippen molar-refractivity contribution in [3.63, 3.8) is 0 Å². The van der Waals surface area contributed by atoms with E-state index in [0.717, 1.165) is 53.6 Å². The normalized spacial score (nSPS) is 14.7. The number of amides is 1. The molecule has 0 aliphatic carbocycles. The number of nitrogens with zero attached hydrogens (tertiary/aromatic N) is 4. The summed E-state index contributed by atoms with van der Waals surface area (Å²) in [7, 11) is -3.54. The first-order valence-corrected chi connectivity index (χ1v) is 15.1. The predicted molar refractivity (Wildman–Crippen MR) is 153 cm³/mol. The van der Waals surface area contributed by atoms with Crippen LogP contribution in [0.2, 0.25) is 0 Å². The quantitative estimate of drug-likeness (QED) is 0.311. The lowest BCUT2D eigenvalue weighted by molar-refractivity contribution is 0.0983. The second kappa shape index (κ2) is 12.8. The molecule has 0 saturated carbocycles. The van der Waals surface area contributed by atoms with Crippen LogP contribution in [0.15, 0.2) is 51.8 Å². The molecule has 1 aromatic heterocycles. The number of carbonyl (C=O) groups excluding carboxylic acids is 1. The van der Waals surface area contributed by atoms with Gasteiger partial charge in [-0.15, -0.1) is 12.4 Å². The molecule has 1 saturated heterocycles. The Morgan fingerprint density at radius 1 is 1.03 bits per heavy atom. The van der Waals surface area contributed by atoms with E-state index in [9.17, 15) is 13.2 Å². The van der Waals surface area contributed by atoms with Crippen LogP contribution >= 0.6 is 39.7 Å². The van der Waals surface area contributed by atoms with Crippen LogP contribution in [0.1, 0.15) is 43.5 Å². The smallest absolute Gasteiger partial charge is 0.260 e. The maximum absolute atomic E-state index is 13.6. The van der Waals surface area contributed by atoms with Crippen LogP contribution in [0, 0.1) is 0 Å². The summed E-state index contributed by atoms with van der Waals surface area (Å²) in [6, 6.07) is 12.2. The average Bonchev–Trinajstić information content (AvgIpc) is 3.29. The van der Waals surface area contributed by atoms with Crippen molar-refractivity contribution in [1.82, 2.24) is 14.2 Å². The van der Waals surface area contributed by atoms with Crippen molar-refractivity contribution in [2.24, 2.45) is 0 Å². The maximum Gasteiger partial charge on any atom is 0.260 e. The van der Waals surface area contributed by atoms with Crippen molar-refractivity contribution in [3.05, 3.63) is 52.5 Å². The number of rotatable bonds is 9. The molecule has 1 aliphatic heterocycles. The highest BCUT2D eigenvalue weighted by Gasteiger charge is 2.27. The minimum absolute atomic E-state index is 0. The number of sulfonamides is 1. The summed E-state index contributed by atoms with van der Waals surface area (Å²) in [6.07, 6.45) is 2.83. The lowest BCUT2D eigenvalue weighted by atomic mass is 10.2. The molecule has 196 valence electrons. The van der Waals surface area contributed by atoms with Gasteiger partial charge in [0.15, 0.2) is 5.13 Å². The van der Waals surface area contributed by atoms with Crippen molar-refractivity contribution in [3.8, 4) is 0 Å². The SMILES string of the molecule is CCN(CC)CCN(C(=O)c1ccc(S(=O)(=O)N2CCCCC2)cc1)c1nc2ccc(Br)cc2s1.Cl. The van der Waals surface area contributed by atoms with Crippen LogP contribution in [0.3, 0.4) is 0 Å². The zero-order valence-electron chi connectivity index (χ0n) is 20.5. The fraction of sp³-hybridized carbons (Fsp3) is 0.440. The molecule has 2 aromatic carbocycles. The topological polar surface area (TPSA) is 73.8 Å². The van der Waals surface area contributed by atoms with Gasteiger partial charge in [-0.25, -0.2) is 13.4 Å². The summed E-state index contributed by atoms with van der Waals surface area (Å²) in [4.78, 5) is 22.6. The lowest BCUT2D eigenvalue weighted by Gasteiger charge is -2.26. The van der Waals surface area contributed by atoms with Gasteiger partial charge < -0.3 is 4.90 Å².